The van der Waals surface area contributed by atoms with Crippen LogP contribution in [0, 0.1) is 33.3 Å². The van der Waals surface area contributed by atoms with Gasteiger partial charge in [0.1, 0.15) is 17.1 Å². The minimum Gasteiger partial charge on any atom is -0.455 e. The highest BCUT2D eigenvalue weighted by atomic mass is 35.5. The lowest BCUT2D eigenvalue weighted by Gasteiger charge is -2.47. The monoisotopic (exact) mass is 921 g/mol. The molecule has 2 aromatic heterocycles. The number of halogens is 1. The van der Waals surface area contributed by atoms with Crippen molar-refractivity contribution in [1.82, 2.24) is 24.5 Å². The number of pyridine rings is 1. The van der Waals surface area contributed by atoms with Gasteiger partial charge < -0.3 is 24.3 Å². The van der Waals surface area contributed by atoms with Gasteiger partial charge in [-0.05, 0) is 110 Å². The van der Waals surface area contributed by atoms with Gasteiger partial charge in [0.05, 0.1) is 27.5 Å². The lowest BCUT2D eigenvalue weighted by molar-refractivity contribution is -0.435. The maximum absolute atomic E-state index is 14.1. The number of nitro groups is 1. The summed E-state index contributed by atoms with van der Waals surface area (Å²) in [5.74, 6) is -0.789. The number of carbonyl (C=O) groups excluding carboxylic acids is 2. The summed E-state index contributed by atoms with van der Waals surface area (Å²) in [6, 6.07) is 17.5. The Bertz CT molecular complexity index is 2540. The van der Waals surface area contributed by atoms with Gasteiger partial charge in [-0.2, -0.15) is 0 Å². The highest BCUT2D eigenvalue weighted by Crippen LogP contribution is 2.55. The average Bonchev–Trinajstić information content (AvgIpc) is 3.78. The van der Waals surface area contributed by atoms with E-state index in [9.17, 15) is 23.9 Å². The molecule has 342 valence electrons. The first-order valence-electron chi connectivity index (χ1n) is 22.8. The SMILES string of the molecule is CC1C=C(S(=O)NC(=O)c2ccc(N3CCN(CC4=C(c5ccc(Cl)cc5)CC5(CCC5)CC4)CC3)cc2Oc2cnc3[nH]ccc3c2)C=C([N+](=O)[O-])C1CN(C=O)CC1CCOCC1. The number of amides is 2. The quantitative estimate of drug-likeness (QED) is 0.0672. The smallest absolute Gasteiger partial charge is 0.266 e. The van der Waals surface area contributed by atoms with Crippen molar-refractivity contribution in [3.05, 3.63) is 122 Å². The average molecular weight is 923 g/mol. The van der Waals surface area contributed by atoms with Gasteiger partial charge in [-0.25, -0.2) is 9.19 Å². The van der Waals surface area contributed by atoms with E-state index in [0.29, 0.717) is 36.6 Å². The first kappa shape index (κ1) is 44.8. The number of nitrogens with one attached hydrogen (secondary N) is 2. The van der Waals surface area contributed by atoms with E-state index in [-0.39, 0.29) is 34.4 Å². The van der Waals surface area contributed by atoms with Crippen LogP contribution in [0.4, 0.5) is 5.69 Å². The molecule has 2 aliphatic heterocycles. The minimum absolute atomic E-state index is 0.113. The van der Waals surface area contributed by atoms with Crippen LogP contribution in [-0.2, 0) is 20.5 Å². The molecule has 1 saturated carbocycles. The molecule has 2 amide bonds. The van der Waals surface area contributed by atoms with Crippen molar-refractivity contribution in [3.8, 4) is 11.5 Å². The van der Waals surface area contributed by atoms with E-state index in [0.717, 1.165) is 80.9 Å². The van der Waals surface area contributed by atoms with Crippen molar-refractivity contribution in [1.29, 1.82) is 0 Å². The van der Waals surface area contributed by atoms with Crippen LogP contribution >= 0.6 is 11.6 Å². The largest absolute Gasteiger partial charge is 0.455 e. The normalized spacial score (nSPS) is 21.9. The number of fused-ring (bicyclic) bond motifs is 1. The molecule has 4 aromatic rings. The van der Waals surface area contributed by atoms with E-state index in [1.807, 2.05) is 36.4 Å². The number of allylic oxidation sites excluding steroid dienone is 3. The van der Waals surface area contributed by atoms with Crippen LogP contribution < -0.4 is 14.4 Å². The fourth-order valence-electron chi connectivity index (χ4n) is 10.3. The fourth-order valence-corrected chi connectivity index (χ4v) is 11.4. The van der Waals surface area contributed by atoms with Crippen LogP contribution in [0.2, 0.25) is 5.02 Å². The lowest BCUT2D eigenvalue weighted by atomic mass is 9.59. The van der Waals surface area contributed by atoms with Crippen LogP contribution in [-0.4, -0.2) is 100 Å². The first-order chi connectivity index (χ1) is 31.5. The second-order valence-electron chi connectivity index (χ2n) is 18.4. The summed E-state index contributed by atoms with van der Waals surface area (Å²) in [7, 11) is -2.15. The Morgan fingerprint density at radius 3 is 2.60 bits per heavy atom. The number of carbonyl (C=O) groups is 2. The van der Waals surface area contributed by atoms with E-state index in [1.54, 1.807) is 36.4 Å². The summed E-state index contributed by atoms with van der Waals surface area (Å²) < 4.78 is 28.3. The number of piperazine rings is 1. The molecule has 16 heteroatoms. The number of aromatic amines is 1. The van der Waals surface area contributed by atoms with Crippen molar-refractivity contribution < 1.29 is 28.2 Å². The summed E-state index contributed by atoms with van der Waals surface area (Å²) in [6.45, 7) is 7.91. The molecule has 3 unspecified atom stereocenters. The van der Waals surface area contributed by atoms with Crippen molar-refractivity contribution in [3.63, 3.8) is 0 Å². The van der Waals surface area contributed by atoms with Gasteiger partial charge in [0.25, 0.3) is 11.6 Å². The number of H-pyrrole nitrogens is 1. The van der Waals surface area contributed by atoms with Crippen LogP contribution in [0.1, 0.15) is 74.2 Å². The number of nitrogens with zero attached hydrogens (tertiary/aromatic N) is 5. The van der Waals surface area contributed by atoms with Gasteiger partial charge in [0.2, 0.25) is 6.41 Å². The molecular formula is C49H56ClN7O7S. The van der Waals surface area contributed by atoms with Gasteiger partial charge in [0.15, 0.2) is 11.0 Å². The zero-order chi connectivity index (χ0) is 45.1. The molecular weight excluding hydrogens is 866 g/mol. The predicted molar refractivity (Wildman–Crippen MR) is 252 cm³/mol. The zero-order valence-corrected chi connectivity index (χ0v) is 38.3. The number of benzene rings is 2. The summed E-state index contributed by atoms with van der Waals surface area (Å²) >= 11 is 6.29. The molecule has 2 N–H and O–H groups in total. The highest BCUT2D eigenvalue weighted by Gasteiger charge is 2.41. The van der Waals surface area contributed by atoms with Crippen molar-refractivity contribution in [2.45, 2.75) is 58.3 Å². The molecule has 2 saturated heterocycles. The third kappa shape index (κ3) is 10.2. The fraction of sp³-hybridized carbons (Fsp3) is 0.449. The highest BCUT2D eigenvalue weighted by molar-refractivity contribution is 7.87. The summed E-state index contributed by atoms with van der Waals surface area (Å²) in [5.41, 5.74) is 6.34. The van der Waals surface area contributed by atoms with Gasteiger partial charge in [-0.3, -0.25) is 29.3 Å². The maximum atomic E-state index is 14.1. The van der Waals surface area contributed by atoms with E-state index < -0.39 is 33.7 Å². The third-order valence-electron chi connectivity index (χ3n) is 14.3. The van der Waals surface area contributed by atoms with E-state index in [2.05, 4.69) is 36.6 Å². The van der Waals surface area contributed by atoms with E-state index in [4.69, 9.17) is 21.1 Å². The van der Waals surface area contributed by atoms with Crippen molar-refractivity contribution in [2.75, 3.05) is 63.9 Å². The van der Waals surface area contributed by atoms with Gasteiger partial charge in [-0.1, -0.05) is 48.7 Å². The standard InChI is InChI=1S/C49H56ClN7O7S/c1-33-23-41(26-45(57(60)61)44(33)31-55(32-58)29-34-11-21-63-22-12-34)65(62)53-48(59)42-8-7-39(25-46(42)64-40-24-36-10-16-51-47(36)52-28-40)56-19-17-54(18-20-56)30-37-9-15-49(13-2-14-49)27-43(37)35-3-5-38(50)6-4-35/h3-8,10,16,23-26,28,32-34,44H,2,9,11-15,17-22,27,29-31H2,1H3,(H,51,52)(H,53,59). The molecule has 4 heterocycles. The Hall–Kier alpha value is -5.35. The summed E-state index contributed by atoms with van der Waals surface area (Å²) in [5, 5.41) is 14.0. The number of ether oxygens (including phenoxy) is 2. The Morgan fingerprint density at radius 1 is 1.09 bits per heavy atom. The number of hydrogen-bond donors (Lipinski definition) is 2. The van der Waals surface area contributed by atoms with Gasteiger partial charge >= 0.3 is 0 Å². The molecule has 65 heavy (non-hydrogen) atoms. The molecule has 3 aliphatic carbocycles. The van der Waals surface area contributed by atoms with Crippen molar-refractivity contribution >= 4 is 57.2 Å². The molecule has 9 rings (SSSR count). The van der Waals surface area contributed by atoms with Crippen LogP contribution in [0.15, 0.2) is 95.3 Å². The molecule has 14 nitrogen and oxygen atoms in total. The molecule has 3 fully saturated rings. The molecule has 0 radical (unpaired) electrons. The van der Waals surface area contributed by atoms with Crippen LogP contribution in [0.25, 0.3) is 16.6 Å². The second kappa shape index (κ2) is 19.6. The number of aromatic nitrogens is 2. The maximum Gasteiger partial charge on any atom is 0.266 e. The molecule has 3 atom stereocenters. The number of anilines is 1. The molecule has 5 aliphatic rings. The van der Waals surface area contributed by atoms with E-state index >= 15 is 0 Å². The molecule has 2 aromatic carbocycles. The van der Waals surface area contributed by atoms with Gasteiger partial charge in [-0.15, -0.1) is 0 Å². The topological polar surface area (TPSA) is 163 Å². The lowest BCUT2D eigenvalue weighted by Crippen LogP contribution is -2.47. The Morgan fingerprint density at radius 2 is 1.88 bits per heavy atom. The Kier molecular flexibility index (Phi) is 13.5. The summed E-state index contributed by atoms with van der Waals surface area (Å²) in [4.78, 5) is 52.2. The Balaban J connectivity index is 0.903. The Labute approximate surface area is 386 Å². The summed E-state index contributed by atoms with van der Waals surface area (Å²) in [6.07, 6.45) is 16.2. The zero-order valence-electron chi connectivity index (χ0n) is 36.7. The van der Waals surface area contributed by atoms with E-state index in [1.165, 1.54) is 48.5 Å². The molecule has 0 bridgehead atoms. The second-order valence-corrected chi connectivity index (χ2v) is 20.1. The van der Waals surface area contributed by atoms with Crippen molar-refractivity contribution in [2.24, 2.45) is 23.2 Å². The third-order valence-corrected chi connectivity index (χ3v) is 15.6. The first-order valence-corrected chi connectivity index (χ1v) is 24.3. The van der Waals surface area contributed by atoms with Crippen LogP contribution in [0.5, 0.6) is 11.5 Å². The van der Waals surface area contributed by atoms with Gasteiger partial charge in [0, 0.05) is 93.5 Å². The number of hydrogen-bond acceptors (Lipinski definition) is 10. The number of rotatable bonds is 15. The minimum atomic E-state index is -2.15. The predicted octanol–water partition coefficient (Wildman–Crippen LogP) is 8.53. The van der Waals surface area contributed by atoms with Crippen LogP contribution in [0.3, 0.4) is 0 Å². The molecule has 1 spiro atoms.